The standard InChI is InChI=1S/C15H26N4O2/c1-3-5-10-19(11-6-4-2)15(20)13-17-14(21-18-13)12-8-7-9-16-12/h12,16H,3-11H2,1-2H3. The van der Waals surface area contributed by atoms with Crippen molar-refractivity contribution in [2.45, 2.75) is 58.4 Å². The first-order valence-corrected chi connectivity index (χ1v) is 8.12. The van der Waals surface area contributed by atoms with Gasteiger partial charge in [0.05, 0.1) is 6.04 Å². The van der Waals surface area contributed by atoms with Gasteiger partial charge in [0.15, 0.2) is 0 Å². The van der Waals surface area contributed by atoms with Crippen LogP contribution in [0.1, 0.15) is 74.9 Å². The fraction of sp³-hybridized carbons (Fsp3) is 0.800. The Balaban J connectivity index is 2.01. The maximum atomic E-state index is 12.5. The van der Waals surface area contributed by atoms with Crippen molar-refractivity contribution in [2.24, 2.45) is 0 Å². The Labute approximate surface area is 126 Å². The van der Waals surface area contributed by atoms with E-state index in [1.54, 1.807) is 0 Å². The predicted molar refractivity (Wildman–Crippen MR) is 80.0 cm³/mol. The Bertz CT molecular complexity index is 433. The van der Waals surface area contributed by atoms with Crippen molar-refractivity contribution in [3.63, 3.8) is 0 Å². The fourth-order valence-electron chi connectivity index (χ4n) is 2.51. The summed E-state index contributed by atoms with van der Waals surface area (Å²) in [5.74, 6) is 0.637. The highest BCUT2D eigenvalue weighted by Crippen LogP contribution is 2.21. The predicted octanol–water partition coefficient (Wildman–Crippen LogP) is 2.54. The zero-order valence-corrected chi connectivity index (χ0v) is 13.1. The topological polar surface area (TPSA) is 71.3 Å². The summed E-state index contributed by atoms with van der Waals surface area (Å²) in [5, 5.41) is 7.18. The van der Waals surface area contributed by atoms with E-state index in [1.807, 2.05) is 4.90 Å². The quantitative estimate of drug-likeness (QED) is 0.797. The molecule has 0 radical (unpaired) electrons. The third-order valence-corrected chi connectivity index (χ3v) is 3.84. The van der Waals surface area contributed by atoms with Gasteiger partial charge in [0, 0.05) is 13.1 Å². The summed E-state index contributed by atoms with van der Waals surface area (Å²) in [6, 6.07) is 0.110. The van der Waals surface area contributed by atoms with E-state index in [4.69, 9.17) is 4.52 Å². The summed E-state index contributed by atoms with van der Waals surface area (Å²) < 4.78 is 5.26. The first-order valence-electron chi connectivity index (χ1n) is 8.12. The number of nitrogens with one attached hydrogen (secondary N) is 1. The number of carbonyl (C=O) groups excluding carboxylic acids is 1. The molecule has 6 heteroatoms. The van der Waals surface area contributed by atoms with Crippen molar-refractivity contribution < 1.29 is 9.32 Å². The molecule has 0 saturated carbocycles. The summed E-state index contributed by atoms with van der Waals surface area (Å²) in [6.45, 7) is 6.75. The van der Waals surface area contributed by atoms with Crippen LogP contribution < -0.4 is 5.32 Å². The zero-order chi connectivity index (χ0) is 15.1. The van der Waals surface area contributed by atoms with Crippen molar-refractivity contribution in [3.05, 3.63) is 11.7 Å². The second kappa shape index (κ2) is 8.12. The molecule has 0 bridgehead atoms. The van der Waals surface area contributed by atoms with Crippen LogP contribution in [0.5, 0.6) is 0 Å². The van der Waals surface area contributed by atoms with Gasteiger partial charge in [-0.05, 0) is 32.2 Å². The smallest absolute Gasteiger partial charge is 0.295 e. The molecule has 118 valence electrons. The highest BCUT2D eigenvalue weighted by molar-refractivity contribution is 5.90. The van der Waals surface area contributed by atoms with E-state index >= 15 is 0 Å². The van der Waals surface area contributed by atoms with E-state index in [0.29, 0.717) is 5.89 Å². The lowest BCUT2D eigenvalue weighted by Crippen LogP contribution is -2.33. The first-order chi connectivity index (χ1) is 10.3. The number of unbranched alkanes of at least 4 members (excludes halogenated alkanes) is 2. The van der Waals surface area contributed by atoms with Gasteiger partial charge in [0.25, 0.3) is 11.7 Å². The lowest BCUT2D eigenvalue weighted by Gasteiger charge is -2.20. The molecule has 1 N–H and O–H groups in total. The van der Waals surface area contributed by atoms with E-state index in [9.17, 15) is 4.79 Å². The Kier molecular flexibility index (Phi) is 6.17. The third-order valence-electron chi connectivity index (χ3n) is 3.84. The molecule has 1 aromatic rings. The Morgan fingerprint density at radius 1 is 1.33 bits per heavy atom. The van der Waals surface area contributed by atoms with Crippen LogP contribution in [0.2, 0.25) is 0 Å². The normalized spacial score (nSPS) is 18.1. The number of hydrogen-bond acceptors (Lipinski definition) is 5. The van der Waals surface area contributed by atoms with Gasteiger partial charge < -0.3 is 14.7 Å². The van der Waals surface area contributed by atoms with Gasteiger partial charge in [-0.3, -0.25) is 4.79 Å². The molecule has 1 aromatic heterocycles. The van der Waals surface area contributed by atoms with Crippen molar-refractivity contribution in [1.82, 2.24) is 20.4 Å². The fourth-order valence-corrected chi connectivity index (χ4v) is 2.51. The molecule has 2 heterocycles. The average Bonchev–Trinajstić information content (AvgIpc) is 3.17. The minimum Gasteiger partial charge on any atom is -0.337 e. The van der Waals surface area contributed by atoms with Gasteiger partial charge in [0.1, 0.15) is 0 Å². The highest BCUT2D eigenvalue weighted by atomic mass is 16.5. The van der Waals surface area contributed by atoms with Crippen molar-refractivity contribution in [2.75, 3.05) is 19.6 Å². The van der Waals surface area contributed by atoms with Gasteiger partial charge in [-0.2, -0.15) is 4.98 Å². The summed E-state index contributed by atoms with van der Waals surface area (Å²) >= 11 is 0. The van der Waals surface area contributed by atoms with E-state index < -0.39 is 0 Å². The molecular weight excluding hydrogens is 268 g/mol. The number of carbonyl (C=O) groups is 1. The van der Waals surface area contributed by atoms with E-state index in [0.717, 1.165) is 58.2 Å². The summed E-state index contributed by atoms with van der Waals surface area (Å²) in [5.41, 5.74) is 0. The van der Waals surface area contributed by atoms with Gasteiger partial charge in [-0.15, -0.1) is 0 Å². The molecule has 1 fully saturated rings. The molecule has 1 atom stereocenters. The largest absolute Gasteiger partial charge is 0.337 e. The lowest BCUT2D eigenvalue weighted by atomic mass is 10.2. The molecule has 1 aliphatic heterocycles. The van der Waals surface area contributed by atoms with E-state index in [1.165, 1.54) is 0 Å². The second-order valence-electron chi connectivity index (χ2n) is 5.60. The minimum atomic E-state index is -0.107. The molecule has 1 saturated heterocycles. The van der Waals surface area contributed by atoms with Crippen molar-refractivity contribution >= 4 is 5.91 Å². The summed E-state index contributed by atoms with van der Waals surface area (Å²) in [7, 11) is 0. The Hall–Kier alpha value is -1.43. The Morgan fingerprint density at radius 3 is 2.62 bits per heavy atom. The van der Waals surface area contributed by atoms with Crippen LogP contribution in [0, 0.1) is 0 Å². The molecule has 21 heavy (non-hydrogen) atoms. The number of nitrogens with zero attached hydrogens (tertiary/aromatic N) is 3. The highest BCUT2D eigenvalue weighted by Gasteiger charge is 2.26. The van der Waals surface area contributed by atoms with Crippen LogP contribution in [-0.2, 0) is 0 Å². The maximum absolute atomic E-state index is 12.5. The van der Waals surface area contributed by atoms with E-state index in [2.05, 4.69) is 29.3 Å². The van der Waals surface area contributed by atoms with Crippen LogP contribution in [0.25, 0.3) is 0 Å². The van der Waals surface area contributed by atoms with Gasteiger partial charge in [-0.25, -0.2) is 0 Å². The van der Waals surface area contributed by atoms with Crippen LogP contribution in [0.4, 0.5) is 0 Å². The Morgan fingerprint density at radius 2 is 2.05 bits per heavy atom. The molecular formula is C15H26N4O2. The number of amides is 1. The molecule has 1 amide bonds. The zero-order valence-electron chi connectivity index (χ0n) is 13.1. The monoisotopic (exact) mass is 294 g/mol. The third kappa shape index (κ3) is 4.27. The van der Waals surface area contributed by atoms with Crippen LogP contribution in [-0.4, -0.2) is 40.6 Å². The van der Waals surface area contributed by atoms with Crippen LogP contribution >= 0.6 is 0 Å². The van der Waals surface area contributed by atoms with Gasteiger partial charge in [0.2, 0.25) is 5.89 Å². The molecule has 2 rings (SSSR count). The van der Waals surface area contributed by atoms with Crippen molar-refractivity contribution in [3.8, 4) is 0 Å². The maximum Gasteiger partial charge on any atom is 0.295 e. The lowest BCUT2D eigenvalue weighted by molar-refractivity contribution is 0.0735. The second-order valence-corrected chi connectivity index (χ2v) is 5.60. The van der Waals surface area contributed by atoms with Gasteiger partial charge in [-0.1, -0.05) is 31.8 Å². The van der Waals surface area contributed by atoms with Crippen LogP contribution in [0.15, 0.2) is 4.52 Å². The molecule has 0 aromatic carbocycles. The number of hydrogen-bond donors (Lipinski definition) is 1. The van der Waals surface area contributed by atoms with Crippen LogP contribution in [0.3, 0.4) is 0 Å². The first kappa shape index (κ1) is 15.9. The molecule has 0 aliphatic carbocycles. The van der Waals surface area contributed by atoms with E-state index in [-0.39, 0.29) is 17.8 Å². The molecule has 0 spiro atoms. The minimum absolute atomic E-state index is 0.107. The summed E-state index contributed by atoms with van der Waals surface area (Å²) in [4.78, 5) is 18.7. The summed E-state index contributed by atoms with van der Waals surface area (Å²) in [6.07, 6.45) is 6.24. The molecule has 1 aliphatic rings. The molecule has 6 nitrogen and oxygen atoms in total. The average molecular weight is 294 g/mol. The van der Waals surface area contributed by atoms with Gasteiger partial charge >= 0.3 is 0 Å². The number of rotatable bonds is 8. The number of aromatic nitrogens is 2. The SMILES string of the molecule is CCCCN(CCCC)C(=O)c1noc(C2CCCN2)n1. The molecule has 1 unspecified atom stereocenters. The van der Waals surface area contributed by atoms with Crippen molar-refractivity contribution in [1.29, 1.82) is 0 Å².